The maximum absolute atomic E-state index is 13.3. The number of rotatable bonds is 3. The van der Waals surface area contributed by atoms with Gasteiger partial charge in [-0.2, -0.15) is 0 Å². The van der Waals surface area contributed by atoms with Gasteiger partial charge in [0.05, 0.1) is 4.90 Å². The zero-order valence-corrected chi connectivity index (χ0v) is 13.4. The van der Waals surface area contributed by atoms with Crippen molar-refractivity contribution in [2.24, 2.45) is 0 Å². The van der Waals surface area contributed by atoms with Crippen LogP contribution in [0.25, 0.3) is 0 Å². The molecule has 2 N–H and O–H groups in total. The van der Waals surface area contributed by atoms with E-state index in [0.717, 1.165) is 17.7 Å². The van der Waals surface area contributed by atoms with E-state index in [-0.39, 0.29) is 0 Å². The van der Waals surface area contributed by atoms with Crippen LogP contribution < -0.4 is 10.6 Å². The van der Waals surface area contributed by atoms with E-state index in [9.17, 15) is 8.42 Å². The number of hydrogen-bond acceptors (Lipinski definition) is 4. The third-order valence-electron chi connectivity index (χ3n) is 4.12. The van der Waals surface area contributed by atoms with Gasteiger partial charge in [0.15, 0.2) is 4.87 Å². The summed E-state index contributed by atoms with van der Waals surface area (Å²) in [4.78, 5) is -0.778. The summed E-state index contributed by atoms with van der Waals surface area (Å²) in [7, 11) is -3.57. The van der Waals surface area contributed by atoms with Crippen molar-refractivity contribution >= 4 is 9.84 Å². The second-order valence-corrected chi connectivity index (χ2v) is 7.79. The summed E-state index contributed by atoms with van der Waals surface area (Å²) in [6.45, 7) is 3.68. The number of benzene rings is 2. The van der Waals surface area contributed by atoms with Crippen LogP contribution in [0.2, 0.25) is 0 Å². The van der Waals surface area contributed by atoms with Crippen LogP contribution in [0.5, 0.6) is 0 Å². The van der Waals surface area contributed by atoms with Gasteiger partial charge in [-0.25, -0.2) is 8.42 Å². The zero-order chi connectivity index (χ0) is 15.6. The molecule has 1 heterocycles. The summed E-state index contributed by atoms with van der Waals surface area (Å²) in [5.74, 6) is 0. The Bertz CT molecular complexity index is 734. The van der Waals surface area contributed by atoms with Crippen LogP contribution in [0.1, 0.15) is 11.1 Å². The molecule has 1 aliphatic rings. The van der Waals surface area contributed by atoms with Crippen LogP contribution in [-0.2, 0) is 14.7 Å². The van der Waals surface area contributed by atoms with Gasteiger partial charge in [-0.05, 0) is 24.6 Å². The quantitative estimate of drug-likeness (QED) is 0.907. The highest BCUT2D eigenvalue weighted by atomic mass is 32.2. The molecule has 3 rings (SSSR count). The summed E-state index contributed by atoms with van der Waals surface area (Å²) >= 11 is 0. The van der Waals surface area contributed by atoms with E-state index >= 15 is 0 Å². The molecule has 0 aromatic heterocycles. The predicted molar refractivity (Wildman–Crippen MR) is 87.4 cm³/mol. The lowest BCUT2D eigenvalue weighted by atomic mass is 10.0. The maximum Gasteiger partial charge on any atom is 0.202 e. The lowest BCUT2D eigenvalue weighted by Gasteiger charge is -2.38. The second-order valence-electron chi connectivity index (χ2n) is 5.61. The van der Waals surface area contributed by atoms with Crippen LogP contribution in [0.4, 0.5) is 0 Å². The van der Waals surface area contributed by atoms with Crippen molar-refractivity contribution in [2.45, 2.75) is 16.7 Å². The first-order valence-corrected chi connectivity index (χ1v) is 8.87. The fourth-order valence-corrected chi connectivity index (χ4v) is 4.78. The van der Waals surface area contributed by atoms with Gasteiger partial charge < -0.3 is 5.32 Å². The molecule has 0 aliphatic carbocycles. The Balaban J connectivity index is 2.15. The molecule has 22 heavy (non-hydrogen) atoms. The molecule has 1 saturated heterocycles. The smallest absolute Gasteiger partial charge is 0.202 e. The minimum Gasteiger partial charge on any atom is -0.312 e. The number of sulfone groups is 1. The molecule has 2 aromatic carbocycles. The van der Waals surface area contributed by atoms with Crippen molar-refractivity contribution in [2.75, 3.05) is 19.6 Å². The van der Waals surface area contributed by atoms with Gasteiger partial charge in [0, 0.05) is 19.6 Å². The van der Waals surface area contributed by atoms with Gasteiger partial charge in [-0.3, -0.25) is 5.32 Å². The number of aryl methyl sites for hydroxylation is 1. The Labute approximate surface area is 131 Å². The molecule has 2 aromatic rings. The first kappa shape index (κ1) is 15.2. The predicted octanol–water partition coefficient (Wildman–Crippen LogP) is 1.81. The van der Waals surface area contributed by atoms with Crippen LogP contribution in [0.15, 0.2) is 59.5 Å². The highest BCUT2D eigenvalue weighted by Crippen LogP contribution is 2.34. The Morgan fingerprint density at radius 2 is 1.64 bits per heavy atom. The van der Waals surface area contributed by atoms with Gasteiger partial charge in [0.25, 0.3) is 0 Å². The monoisotopic (exact) mass is 316 g/mol. The topological polar surface area (TPSA) is 58.2 Å². The van der Waals surface area contributed by atoms with Gasteiger partial charge in [-0.1, -0.05) is 48.0 Å². The molecular weight excluding hydrogens is 296 g/mol. The first-order valence-electron chi connectivity index (χ1n) is 7.39. The molecule has 1 fully saturated rings. The average molecular weight is 316 g/mol. The largest absolute Gasteiger partial charge is 0.312 e. The zero-order valence-electron chi connectivity index (χ0n) is 12.5. The Morgan fingerprint density at radius 3 is 2.23 bits per heavy atom. The Hall–Kier alpha value is -1.69. The third kappa shape index (κ3) is 2.45. The summed E-state index contributed by atoms with van der Waals surface area (Å²) in [6, 6.07) is 16.4. The van der Waals surface area contributed by atoms with Crippen LogP contribution in [0, 0.1) is 6.92 Å². The molecule has 4 nitrogen and oxygen atoms in total. The van der Waals surface area contributed by atoms with Gasteiger partial charge >= 0.3 is 0 Å². The van der Waals surface area contributed by atoms with E-state index in [1.807, 2.05) is 49.4 Å². The van der Waals surface area contributed by atoms with E-state index in [4.69, 9.17) is 0 Å². The normalized spacial score (nSPS) is 22.4. The third-order valence-corrected chi connectivity index (χ3v) is 6.45. The molecule has 0 spiro atoms. The Kier molecular flexibility index (Phi) is 4.04. The molecule has 1 unspecified atom stereocenters. The van der Waals surface area contributed by atoms with Crippen molar-refractivity contribution < 1.29 is 8.42 Å². The Morgan fingerprint density at radius 1 is 0.955 bits per heavy atom. The summed E-state index contributed by atoms with van der Waals surface area (Å²) in [6.07, 6.45) is 0. The van der Waals surface area contributed by atoms with E-state index in [1.54, 1.807) is 12.1 Å². The van der Waals surface area contributed by atoms with Crippen LogP contribution in [-0.4, -0.2) is 28.1 Å². The molecule has 116 valence electrons. The van der Waals surface area contributed by atoms with E-state index in [2.05, 4.69) is 10.6 Å². The molecule has 0 radical (unpaired) electrons. The van der Waals surface area contributed by atoms with Crippen LogP contribution >= 0.6 is 0 Å². The second kappa shape index (κ2) is 5.83. The number of piperazine rings is 1. The fourth-order valence-electron chi connectivity index (χ4n) is 2.86. The van der Waals surface area contributed by atoms with Gasteiger partial charge in [0.1, 0.15) is 0 Å². The molecule has 1 aliphatic heterocycles. The standard InChI is InChI=1S/C17H20N2O2S/c1-14-7-9-16(10-8-14)22(20,21)17(13-18-11-12-19-17)15-5-3-2-4-6-15/h2-10,18-19H,11-13H2,1H3. The minimum absolute atomic E-state index is 0.346. The lowest BCUT2D eigenvalue weighted by molar-refractivity contribution is 0.366. The summed E-state index contributed by atoms with van der Waals surface area (Å²) in [5.41, 5.74) is 1.81. The van der Waals surface area contributed by atoms with Crippen molar-refractivity contribution in [3.8, 4) is 0 Å². The summed E-state index contributed by atoms with van der Waals surface area (Å²) < 4.78 is 26.6. The highest BCUT2D eigenvalue weighted by molar-refractivity contribution is 7.92. The van der Waals surface area contributed by atoms with Crippen LogP contribution in [0.3, 0.4) is 0 Å². The van der Waals surface area contributed by atoms with E-state index in [0.29, 0.717) is 18.0 Å². The molecule has 0 bridgehead atoms. The average Bonchev–Trinajstić information content (AvgIpc) is 2.56. The molecule has 1 atom stereocenters. The summed E-state index contributed by atoms with van der Waals surface area (Å²) in [5, 5.41) is 6.47. The minimum atomic E-state index is -3.57. The highest BCUT2D eigenvalue weighted by Gasteiger charge is 2.46. The van der Waals surface area contributed by atoms with E-state index < -0.39 is 14.7 Å². The van der Waals surface area contributed by atoms with Crippen molar-refractivity contribution in [3.63, 3.8) is 0 Å². The molecular formula is C17H20N2O2S. The van der Waals surface area contributed by atoms with Crippen molar-refractivity contribution in [3.05, 3.63) is 65.7 Å². The number of hydrogen-bond donors (Lipinski definition) is 2. The molecule has 0 amide bonds. The molecule has 5 heteroatoms. The maximum atomic E-state index is 13.3. The van der Waals surface area contributed by atoms with E-state index in [1.165, 1.54) is 0 Å². The molecule has 0 saturated carbocycles. The fraction of sp³-hybridized carbons (Fsp3) is 0.294. The van der Waals surface area contributed by atoms with Gasteiger partial charge in [-0.15, -0.1) is 0 Å². The van der Waals surface area contributed by atoms with Crippen molar-refractivity contribution in [1.82, 2.24) is 10.6 Å². The number of nitrogens with one attached hydrogen (secondary N) is 2. The first-order chi connectivity index (χ1) is 10.6. The SMILES string of the molecule is Cc1ccc(S(=O)(=O)C2(c3ccccc3)CNCCN2)cc1. The lowest BCUT2D eigenvalue weighted by Crippen LogP contribution is -2.60. The van der Waals surface area contributed by atoms with Gasteiger partial charge in [0.2, 0.25) is 9.84 Å². The van der Waals surface area contributed by atoms with Crippen molar-refractivity contribution in [1.29, 1.82) is 0 Å².